The molecule has 0 unspecified atom stereocenters. The third-order valence-corrected chi connectivity index (χ3v) is 9.75. The van der Waals surface area contributed by atoms with Crippen LogP contribution in [0.15, 0.2) is 182 Å². The second kappa shape index (κ2) is 11.4. The van der Waals surface area contributed by atoms with Gasteiger partial charge in [0.2, 0.25) is 0 Å². The van der Waals surface area contributed by atoms with Crippen LogP contribution in [-0.4, -0.2) is 0 Å². The molecule has 0 saturated heterocycles. The van der Waals surface area contributed by atoms with Crippen LogP contribution in [0.5, 0.6) is 0 Å². The van der Waals surface area contributed by atoms with Gasteiger partial charge in [0.15, 0.2) is 0 Å². The molecular weight excluding hydrogens is 565 g/mol. The third kappa shape index (κ3) is 4.69. The van der Waals surface area contributed by atoms with Crippen LogP contribution in [0.1, 0.15) is 11.1 Å². The van der Waals surface area contributed by atoms with Crippen molar-refractivity contribution in [3.63, 3.8) is 0 Å². The van der Waals surface area contributed by atoms with Gasteiger partial charge in [0, 0.05) is 0 Å². The molecule has 0 aliphatic rings. The highest BCUT2D eigenvalue weighted by Crippen LogP contribution is 2.45. The molecule has 0 heteroatoms. The maximum Gasteiger partial charge on any atom is -0.000728 e. The first kappa shape index (κ1) is 27.3. The first-order valence-corrected chi connectivity index (χ1v) is 16.4. The Labute approximate surface area is 275 Å². The summed E-state index contributed by atoms with van der Waals surface area (Å²) in [5.74, 6) is 0. The van der Waals surface area contributed by atoms with Crippen molar-refractivity contribution in [1.29, 1.82) is 0 Å². The molecular formula is C47H32. The average Bonchev–Trinajstić information content (AvgIpc) is 3.15. The lowest BCUT2D eigenvalue weighted by molar-refractivity contribution is 1.23. The fraction of sp³-hybridized carbons (Fsp3) is 0.0213. The van der Waals surface area contributed by atoms with Crippen LogP contribution in [0.4, 0.5) is 0 Å². The molecule has 47 heavy (non-hydrogen) atoms. The molecule has 0 nitrogen and oxygen atoms in total. The molecule has 220 valence electrons. The molecule has 0 N–H and O–H groups in total. The zero-order valence-electron chi connectivity index (χ0n) is 26.0. The van der Waals surface area contributed by atoms with Crippen LogP contribution < -0.4 is 0 Å². The van der Waals surface area contributed by atoms with Gasteiger partial charge in [-0.2, -0.15) is 0 Å². The Morgan fingerprint density at radius 2 is 0.851 bits per heavy atom. The lowest BCUT2D eigenvalue weighted by Gasteiger charge is -2.20. The Morgan fingerprint density at radius 3 is 1.55 bits per heavy atom. The van der Waals surface area contributed by atoms with E-state index >= 15 is 0 Å². The molecule has 0 aromatic heterocycles. The van der Waals surface area contributed by atoms with E-state index in [2.05, 4.69) is 182 Å². The number of rotatable bonds is 5. The highest BCUT2D eigenvalue weighted by atomic mass is 14.2. The highest BCUT2D eigenvalue weighted by molar-refractivity contribution is 6.22. The Kier molecular flexibility index (Phi) is 6.65. The molecule has 0 radical (unpaired) electrons. The zero-order chi connectivity index (χ0) is 31.2. The van der Waals surface area contributed by atoms with Gasteiger partial charge in [-0.05, 0) is 106 Å². The van der Waals surface area contributed by atoms with E-state index in [9.17, 15) is 0 Å². The summed E-state index contributed by atoms with van der Waals surface area (Å²) in [6.45, 7) is 0. The number of benzene rings is 9. The van der Waals surface area contributed by atoms with E-state index in [0.29, 0.717) is 0 Å². The molecule has 0 saturated carbocycles. The Morgan fingerprint density at radius 1 is 0.298 bits per heavy atom. The smallest absolute Gasteiger partial charge is 0.000728 e. The second-order valence-electron chi connectivity index (χ2n) is 12.4. The summed E-state index contributed by atoms with van der Waals surface area (Å²) in [4.78, 5) is 0. The summed E-state index contributed by atoms with van der Waals surface area (Å²) in [6.07, 6.45) is 0.852. The highest BCUT2D eigenvalue weighted by Gasteiger charge is 2.19. The predicted octanol–water partition coefficient (Wildman–Crippen LogP) is 12.9. The van der Waals surface area contributed by atoms with Crippen LogP contribution in [0.2, 0.25) is 0 Å². The standard InChI is InChI=1S/C47H32/c1-3-15-32(16-4-1)34-27-28-41-44(29-34)38-22-10-8-20-36(38)31-46(41)47-42-25-13-11-23-39(42)45(40-24-12-14-26-43(40)47)30-35-19-7-9-21-37(35)33-17-5-2-6-18-33/h1-29,31H,30H2. The number of hydrogen-bond acceptors (Lipinski definition) is 0. The van der Waals surface area contributed by atoms with Gasteiger partial charge < -0.3 is 0 Å². The first-order chi connectivity index (χ1) is 23.3. The quantitative estimate of drug-likeness (QED) is 0.137. The molecule has 0 spiro atoms. The lowest BCUT2D eigenvalue weighted by atomic mass is 9.83. The number of fused-ring (bicyclic) bond motifs is 5. The van der Waals surface area contributed by atoms with E-state index in [-0.39, 0.29) is 0 Å². The third-order valence-electron chi connectivity index (χ3n) is 9.75. The summed E-state index contributed by atoms with van der Waals surface area (Å²) in [7, 11) is 0. The Bertz CT molecular complexity index is 2520. The first-order valence-electron chi connectivity index (χ1n) is 16.4. The fourth-order valence-corrected chi connectivity index (χ4v) is 7.58. The average molecular weight is 597 g/mol. The summed E-state index contributed by atoms with van der Waals surface area (Å²) in [6, 6.07) is 66.7. The maximum absolute atomic E-state index is 2.42. The molecule has 9 rings (SSSR count). The molecule has 0 atom stereocenters. The summed E-state index contributed by atoms with van der Waals surface area (Å²) in [5.41, 5.74) is 10.3. The minimum absolute atomic E-state index is 0.852. The molecule has 0 fully saturated rings. The van der Waals surface area contributed by atoms with Gasteiger partial charge in [-0.3, -0.25) is 0 Å². The molecule has 0 bridgehead atoms. The van der Waals surface area contributed by atoms with Gasteiger partial charge in [-0.1, -0.05) is 170 Å². The maximum atomic E-state index is 2.42. The monoisotopic (exact) mass is 596 g/mol. The minimum Gasteiger partial charge on any atom is -0.0622 e. The lowest BCUT2D eigenvalue weighted by Crippen LogP contribution is -1.97. The predicted molar refractivity (Wildman–Crippen MR) is 202 cm³/mol. The van der Waals surface area contributed by atoms with Crippen LogP contribution in [-0.2, 0) is 6.42 Å². The van der Waals surface area contributed by atoms with Crippen molar-refractivity contribution in [1.82, 2.24) is 0 Å². The van der Waals surface area contributed by atoms with Gasteiger partial charge in [0.05, 0.1) is 0 Å². The summed E-state index contributed by atoms with van der Waals surface area (Å²) >= 11 is 0. The summed E-state index contributed by atoms with van der Waals surface area (Å²) < 4.78 is 0. The molecule has 9 aromatic rings. The van der Waals surface area contributed by atoms with Gasteiger partial charge >= 0.3 is 0 Å². The van der Waals surface area contributed by atoms with Crippen molar-refractivity contribution in [2.24, 2.45) is 0 Å². The van der Waals surface area contributed by atoms with E-state index in [4.69, 9.17) is 0 Å². The largest absolute Gasteiger partial charge is 0.0622 e. The molecule has 0 heterocycles. The van der Waals surface area contributed by atoms with Crippen LogP contribution in [0.25, 0.3) is 76.5 Å². The summed E-state index contributed by atoms with van der Waals surface area (Å²) in [5, 5.41) is 10.3. The topological polar surface area (TPSA) is 0 Å². The van der Waals surface area contributed by atoms with E-state index in [1.54, 1.807) is 0 Å². The van der Waals surface area contributed by atoms with E-state index in [0.717, 1.165) is 6.42 Å². The van der Waals surface area contributed by atoms with Gasteiger partial charge in [0.25, 0.3) is 0 Å². The van der Waals surface area contributed by atoms with E-state index in [1.807, 2.05) is 0 Å². The molecule has 0 aliphatic heterocycles. The van der Waals surface area contributed by atoms with Crippen LogP contribution in [0.3, 0.4) is 0 Å². The normalized spacial score (nSPS) is 11.5. The van der Waals surface area contributed by atoms with Crippen LogP contribution >= 0.6 is 0 Å². The van der Waals surface area contributed by atoms with E-state index < -0.39 is 0 Å². The fourth-order valence-electron chi connectivity index (χ4n) is 7.58. The van der Waals surface area contributed by atoms with Gasteiger partial charge in [0.1, 0.15) is 0 Å². The van der Waals surface area contributed by atoms with E-state index in [1.165, 1.54) is 87.6 Å². The Balaban J connectivity index is 1.33. The van der Waals surface area contributed by atoms with Crippen molar-refractivity contribution in [3.8, 4) is 33.4 Å². The molecule has 0 amide bonds. The van der Waals surface area contributed by atoms with Crippen LogP contribution in [0, 0.1) is 0 Å². The van der Waals surface area contributed by atoms with Crippen molar-refractivity contribution in [2.45, 2.75) is 6.42 Å². The Hall–Kier alpha value is -5.98. The second-order valence-corrected chi connectivity index (χ2v) is 12.4. The zero-order valence-corrected chi connectivity index (χ0v) is 26.0. The SMILES string of the molecule is c1ccc(-c2ccc3c(-c4c5ccccc5c(Cc5ccccc5-c5ccccc5)c5ccccc45)cc4ccccc4c3c2)cc1. The molecule has 0 aliphatic carbocycles. The van der Waals surface area contributed by atoms with Crippen molar-refractivity contribution in [3.05, 3.63) is 193 Å². The van der Waals surface area contributed by atoms with Crippen molar-refractivity contribution < 1.29 is 0 Å². The van der Waals surface area contributed by atoms with Crippen molar-refractivity contribution in [2.75, 3.05) is 0 Å². The number of hydrogen-bond donors (Lipinski definition) is 0. The van der Waals surface area contributed by atoms with Gasteiger partial charge in [-0.15, -0.1) is 0 Å². The minimum atomic E-state index is 0.852. The van der Waals surface area contributed by atoms with Crippen molar-refractivity contribution >= 4 is 43.1 Å². The molecule has 9 aromatic carbocycles. The van der Waals surface area contributed by atoms with Gasteiger partial charge in [-0.25, -0.2) is 0 Å².